The number of nitrogens with zero attached hydrogens (tertiary/aromatic N) is 2. The van der Waals surface area contributed by atoms with Crippen molar-refractivity contribution in [3.8, 4) is 5.75 Å². The zero-order valence-corrected chi connectivity index (χ0v) is 22.0. The number of nitrogens with one attached hydrogen (secondary N) is 1. The molecule has 4 rings (SSSR count). The lowest BCUT2D eigenvalue weighted by Crippen LogP contribution is -2.48. The lowest BCUT2D eigenvalue weighted by atomic mass is 9.73. The van der Waals surface area contributed by atoms with Crippen LogP contribution in [0.3, 0.4) is 0 Å². The Bertz CT molecular complexity index is 1280. The van der Waals surface area contributed by atoms with Gasteiger partial charge in [0.05, 0.1) is 29.2 Å². The van der Waals surface area contributed by atoms with Gasteiger partial charge in [0.2, 0.25) is 5.91 Å². The number of aliphatic hydroxyl groups is 1. The van der Waals surface area contributed by atoms with Gasteiger partial charge in [-0.05, 0) is 88.0 Å². The quantitative estimate of drug-likeness (QED) is 0.238. The van der Waals surface area contributed by atoms with E-state index in [0.717, 1.165) is 6.07 Å². The highest BCUT2D eigenvalue weighted by Gasteiger charge is 2.41. The summed E-state index contributed by atoms with van der Waals surface area (Å²) in [5, 5.41) is 21.6. The van der Waals surface area contributed by atoms with E-state index >= 15 is 0 Å². The van der Waals surface area contributed by atoms with Crippen LogP contribution in [-0.2, 0) is 11.2 Å². The SMILES string of the molecule is COc1ccc2ncc(Cl)c([C@H](O)CCC3(C(=O)NO)CCN(CCCc4cccc(F)c4F)CC3)c2c1. The zero-order chi connectivity index (χ0) is 27.3. The highest BCUT2D eigenvalue weighted by Crippen LogP contribution is 2.41. The number of aliphatic hydroxyl groups excluding tert-OH is 1. The third kappa shape index (κ3) is 6.07. The highest BCUT2D eigenvalue weighted by molar-refractivity contribution is 6.32. The van der Waals surface area contributed by atoms with Crippen molar-refractivity contribution in [2.45, 2.75) is 44.6 Å². The van der Waals surface area contributed by atoms with Crippen molar-refractivity contribution >= 4 is 28.4 Å². The van der Waals surface area contributed by atoms with E-state index < -0.39 is 29.1 Å². The van der Waals surface area contributed by atoms with Crippen molar-refractivity contribution in [3.05, 3.63) is 70.4 Å². The molecule has 1 atom stereocenters. The predicted molar refractivity (Wildman–Crippen MR) is 140 cm³/mol. The van der Waals surface area contributed by atoms with Crippen LogP contribution >= 0.6 is 11.6 Å². The number of benzene rings is 2. The molecule has 1 aliphatic heterocycles. The fourth-order valence-electron chi connectivity index (χ4n) is 5.34. The Hall–Kier alpha value is -2.85. The van der Waals surface area contributed by atoms with E-state index in [1.165, 1.54) is 12.3 Å². The fourth-order valence-corrected chi connectivity index (χ4v) is 5.62. The first-order valence-corrected chi connectivity index (χ1v) is 13.1. The maximum atomic E-state index is 13.9. The molecule has 204 valence electrons. The average Bonchev–Trinajstić information content (AvgIpc) is 2.93. The Morgan fingerprint density at radius 2 is 2.03 bits per heavy atom. The molecule has 0 aliphatic carbocycles. The highest BCUT2D eigenvalue weighted by atomic mass is 35.5. The number of halogens is 3. The van der Waals surface area contributed by atoms with Gasteiger partial charge < -0.3 is 14.7 Å². The van der Waals surface area contributed by atoms with Gasteiger partial charge in [0.1, 0.15) is 5.75 Å². The van der Waals surface area contributed by atoms with Gasteiger partial charge >= 0.3 is 0 Å². The number of fused-ring (bicyclic) bond motifs is 1. The number of aryl methyl sites for hydroxylation is 1. The molecule has 3 N–H and O–H groups in total. The topological polar surface area (TPSA) is 94.9 Å². The first-order valence-electron chi connectivity index (χ1n) is 12.7. The lowest BCUT2D eigenvalue weighted by Gasteiger charge is -2.40. The van der Waals surface area contributed by atoms with Gasteiger partial charge in [-0.3, -0.25) is 15.0 Å². The fraction of sp³-hybridized carbons (Fsp3) is 0.429. The van der Waals surface area contributed by atoms with Crippen molar-refractivity contribution in [3.63, 3.8) is 0 Å². The Kier molecular flexibility index (Phi) is 9.15. The molecule has 1 fully saturated rings. The number of aromatic nitrogens is 1. The number of ether oxygens (including phenoxy) is 1. The van der Waals surface area contributed by atoms with Crippen molar-refractivity contribution in [2.75, 3.05) is 26.7 Å². The molecule has 1 saturated heterocycles. The van der Waals surface area contributed by atoms with E-state index in [9.17, 15) is 23.9 Å². The summed E-state index contributed by atoms with van der Waals surface area (Å²) in [4.78, 5) is 19.3. The lowest BCUT2D eigenvalue weighted by molar-refractivity contribution is -0.143. The van der Waals surface area contributed by atoms with Gasteiger partial charge in [0.15, 0.2) is 11.6 Å². The number of hydrogen-bond acceptors (Lipinski definition) is 6. The molecule has 0 spiro atoms. The van der Waals surface area contributed by atoms with Crippen LogP contribution in [0.15, 0.2) is 42.6 Å². The second-order valence-corrected chi connectivity index (χ2v) is 10.2. The molecule has 0 radical (unpaired) electrons. The summed E-state index contributed by atoms with van der Waals surface area (Å²) in [6, 6.07) is 9.54. The molecule has 2 heterocycles. The van der Waals surface area contributed by atoms with Gasteiger partial charge in [-0.15, -0.1) is 0 Å². The Morgan fingerprint density at radius 1 is 1.26 bits per heavy atom. The van der Waals surface area contributed by atoms with E-state index in [1.54, 1.807) is 31.4 Å². The summed E-state index contributed by atoms with van der Waals surface area (Å²) >= 11 is 6.44. The predicted octanol–water partition coefficient (Wildman–Crippen LogP) is 5.21. The Morgan fingerprint density at radius 3 is 2.74 bits per heavy atom. The molecule has 10 heteroatoms. The molecule has 0 unspecified atom stereocenters. The van der Waals surface area contributed by atoms with Gasteiger partial charge in [-0.25, -0.2) is 14.3 Å². The number of likely N-dealkylation sites (tertiary alicyclic amines) is 1. The van der Waals surface area contributed by atoms with Crippen LogP contribution in [0.25, 0.3) is 10.9 Å². The van der Waals surface area contributed by atoms with E-state index in [1.807, 2.05) is 5.48 Å². The van der Waals surface area contributed by atoms with E-state index in [2.05, 4.69) is 9.88 Å². The standard InChI is InChI=1S/C28H32ClF2N3O4/c1-38-19-7-8-23-20(16-19)25(21(29)17-32-23)24(35)9-10-28(27(36)33-37)11-14-34(15-12-28)13-3-5-18-4-2-6-22(30)26(18)31/h2,4,6-8,16-17,24,35,37H,3,5,9-15H2,1H3,(H,33,36)/t24-/m1/s1. The number of pyridine rings is 1. The number of rotatable bonds is 10. The minimum atomic E-state index is -0.956. The molecule has 0 saturated carbocycles. The van der Waals surface area contributed by atoms with E-state index in [0.29, 0.717) is 84.5 Å². The minimum absolute atomic E-state index is 0.252. The summed E-state index contributed by atoms with van der Waals surface area (Å²) in [6.45, 7) is 1.88. The number of carbonyl (C=O) groups excluding carboxylic acids is 1. The summed E-state index contributed by atoms with van der Waals surface area (Å²) in [5.41, 5.74) is 2.51. The van der Waals surface area contributed by atoms with E-state index in [4.69, 9.17) is 16.3 Å². The third-order valence-electron chi connectivity index (χ3n) is 7.65. The average molecular weight is 548 g/mol. The van der Waals surface area contributed by atoms with Crippen molar-refractivity contribution < 1.29 is 28.6 Å². The van der Waals surface area contributed by atoms with Gasteiger partial charge in [-0.2, -0.15) is 0 Å². The number of amides is 1. The maximum Gasteiger partial charge on any atom is 0.249 e. The molecule has 1 aliphatic rings. The van der Waals surface area contributed by atoms with E-state index in [-0.39, 0.29) is 6.42 Å². The number of piperidine rings is 1. The summed E-state index contributed by atoms with van der Waals surface area (Å²) in [7, 11) is 1.55. The molecular formula is C28H32ClF2N3O4. The summed E-state index contributed by atoms with van der Waals surface area (Å²) < 4.78 is 32.7. The maximum absolute atomic E-state index is 13.9. The van der Waals surface area contributed by atoms with Crippen molar-refractivity contribution in [1.29, 1.82) is 0 Å². The molecule has 1 aromatic heterocycles. The van der Waals surface area contributed by atoms with Crippen LogP contribution in [0, 0.1) is 17.0 Å². The second-order valence-electron chi connectivity index (χ2n) is 9.84. The van der Waals surface area contributed by atoms with Crippen molar-refractivity contribution in [2.24, 2.45) is 5.41 Å². The molecule has 0 bridgehead atoms. The smallest absolute Gasteiger partial charge is 0.249 e. The largest absolute Gasteiger partial charge is 0.497 e. The van der Waals surface area contributed by atoms with Crippen molar-refractivity contribution in [1.82, 2.24) is 15.4 Å². The molecule has 3 aromatic rings. The van der Waals surface area contributed by atoms with Crippen LogP contribution in [-0.4, -0.2) is 52.8 Å². The van der Waals surface area contributed by atoms with Gasteiger partial charge in [-0.1, -0.05) is 23.7 Å². The third-order valence-corrected chi connectivity index (χ3v) is 7.95. The van der Waals surface area contributed by atoms with Crippen LogP contribution in [0.2, 0.25) is 5.02 Å². The molecular weight excluding hydrogens is 516 g/mol. The molecule has 7 nitrogen and oxygen atoms in total. The number of hydroxylamine groups is 1. The van der Waals surface area contributed by atoms with Crippen LogP contribution in [0.4, 0.5) is 8.78 Å². The zero-order valence-electron chi connectivity index (χ0n) is 21.2. The Balaban J connectivity index is 1.40. The normalized spacial score (nSPS) is 16.4. The Labute approximate surface area is 225 Å². The first-order chi connectivity index (χ1) is 18.3. The van der Waals surface area contributed by atoms with Crippen LogP contribution in [0.5, 0.6) is 5.75 Å². The monoisotopic (exact) mass is 547 g/mol. The van der Waals surface area contributed by atoms with Gasteiger partial charge in [0.25, 0.3) is 0 Å². The van der Waals surface area contributed by atoms with Crippen LogP contribution < -0.4 is 10.2 Å². The summed E-state index contributed by atoms with van der Waals surface area (Å²) in [5.74, 6) is -1.51. The first kappa shape index (κ1) is 28.2. The van der Waals surface area contributed by atoms with Gasteiger partial charge in [0, 0.05) is 17.1 Å². The molecule has 2 aromatic carbocycles. The number of hydrogen-bond donors (Lipinski definition) is 3. The second kappa shape index (κ2) is 12.3. The number of carbonyl (C=O) groups is 1. The number of methoxy groups -OCH3 is 1. The van der Waals surface area contributed by atoms with Crippen LogP contribution in [0.1, 0.15) is 49.3 Å². The summed E-state index contributed by atoms with van der Waals surface area (Å²) in [6.07, 6.45) is 3.17. The minimum Gasteiger partial charge on any atom is -0.497 e. The molecule has 1 amide bonds. The molecule has 38 heavy (non-hydrogen) atoms.